The van der Waals surface area contributed by atoms with Crippen molar-refractivity contribution in [1.29, 1.82) is 0 Å². The number of nitrogens with one attached hydrogen (secondary N) is 1. The van der Waals surface area contributed by atoms with Crippen molar-refractivity contribution < 1.29 is 14.4 Å². The summed E-state index contributed by atoms with van der Waals surface area (Å²) in [5.41, 5.74) is 0. The molecule has 1 aromatic rings. The summed E-state index contributed by atoms with van der Waals surface area (Å²) < 4.78 is 5.02. The molecule has 1 saturated heterocycles. The molecule has 0 aromatic carbocycles. The summed E-state index contributed by atoms with van der Waals surface area (Å²) in [5, 5.41) is 15.7. The first-order chi connectivity index (χ1) is 7.75. The van der Waals surface area contributed by atoms with Crippen LogP contribution in [-0.2, 0) is 11.2 Å². The SMILES string of the molecule is O=C(O)CCc1nc(C2CCNCC2)no1. The summed E-state index contributed by atoms with van der Waals surface area (Å²) in [7, 11) is 0. The number of rotatable bonds is 4. The second kappa shape index (κ2) is 5.07. The van der Waals surface area contributed by atoms with Crippen LogP contribution in [0.25, 0.3) is 0 Å². The van der Waals surface area contributed by atoms with Crippen LogP contribution < -0.4 is 5.32 Å². The fraction of sp³-hybridized carbons (Fsp3) is 0.700. The van der Waals surface area contributed by atoms with Crippen LogP contribution in [0.5, 0.6) is 0 Å². The molecule has 88 valence electrons. The van der Waals surface area contributed by atoms with Crippen LogP contribution in [0.15, 0.2) is 4.52 Å². The summed E-state index contributed by atoms with van der Waals surface area (Å²) in [6, 6.07) is 0. The Bertz CT molecular complexity index is 358. The van der Waals surface area contributed by atoms with E-state index in [-0.39, 0.29) is 6.42 Å². The van der Waals surface area contributed by atoms with Crippen LogP contribution in [0.1, 0.15) is 36.9 Å². The Morgan fingerprint density at radius 1 is 1.50 bits per heavy atom. The molecule has 0 atom stereocenters. The van der Waals surface area contributed by atoms with E-state index in [2.05, 4.69) is 15.5 Å². The number of nitrogens with zero attached hydrogens (tertiary/aromatic N) is 2. The van der Waals surface area contributed by atoms with E-state index in [0.717, 1.165) is 31.8 Å². The van der Waals surface area contributed by atoms with Gasteiger partial charge in [-0.1, -0.05) is 5.16 Å². The lowest BCUT2D eigenvalue weighted by atomic mass is 9.98. The van der Waals surface area contributed by atoms with Crippen molar-refractivity contribution in [1.82, 2.24) is 15.5 Å². The van der Waals surface area contributed by atoms with Crippen molar-refractivity contribution in [2.75, 3.05) is 13.1 Å². The third kappa shape index (κ3) is 2.79. The second-order valence-electron chi connectivity index (χ2n) is 3.96. The van der Waals surface area contributed by atoms with Crippen molar-refractivity contribution in [3.63, 3.8) is 0 Å². The molecule has 0 saturated carbocycles. The van der Waals surface area contributed by atoms with Gasteiger partial charge in [0.15, 0.2) is 5.82 Å². The molecule has 16 heavy (non-hydrogen) atoms. The van der Waals surface area contributed by atoms with Gasteiger partial charge in [0.05, 0.1) is 6.42 Å². The van der Waals surface area contributed by atoms with E-state index in [1.54, 1.807) is 0 Å². The third-order valence-electron chi connectivity index (χ3n) is 2.74. The van der Waals surface area contributed by atoms with Gasteiger partial charge in [0.1, 0.15) is 0 Å². The minimum atomic E-state index is -0.846. The van der Waals surface area contributed by atoms with Gasteiger partial charge in [-0.05, 0) is 25.9 Å². The van der Waals surface area contributed by atoms with Crippen molar-refractivity contribution in [2.24, 2.45) is 0 Å². The molecule has 6 heteroatoms. The average molecular weight is 225 g/mol. The van der Waals surface area contributed by atoms with Crippen LogP contribution in [0.4, 0.5) is 0 Å². The van der Waals surface area contributed by atoms with Gasteiger partial charge in [-0.3, -0.25) is 4.79 Å². The smallest absolute Gasteiger partial charge is 0.303 e. The van der Waals surface area contributed by atoms with E-state index >= 15 is 0 Å². The summed E-state index contributed by atoms with van der Waals surface area (Å²) >= 11 is 0. The fourth-order valence-electron chi connectivity index (χ4n) is 1.83. The van der Waals surface area contributed by atoms with Gasteiger partial charge in [0.2, 0.25) is 5.89 Å². The van der Waals surface area contributed by atoms with Crippen LogP contribution in [0, 0.1) is 0 Å². The highest BCUT2D eigenvalue weighted by Gasteiger charge is 2.20. The van der Waals surface area contributed by atoms with E-state index < -0.39 is 5.97 Å². The maximum atomic E-state index is 10.4. The Balaban J connectivity index is 1.93. The van der Waals surface area contributed by atoms with Crippen LogP contribution in [0.2, 0.25) is 0 Å². The predicted molar refractivity (Wildman–Crippen MR) is 55.1 cm³/mol. The van der Waals surface area contributed by atoms with Crippen molar-refractivity contribution in [2.45, 2.75) is 31.6 Å². The summed E-state index contributed by atoms with van der Waals surface area (Å²) in [6.45, 7) is 1.95. The number of hydrogen-bond donors (Lipinski definition) is 2. The zero-order valence-electron chi connectivity index (χ0n) is 8.98. The Labute approximate surface area is 93.0 Å². The van der Waals surface area contributed by atoms with E-state index in [4.69, 9.17) is 9.63 Å². The molecule has 0 spiro atoms. The molecule has 1 aromatic heterocycles. The average Bonchev–Trinajstić information content (AvgIpc) is 2.76. The third-order valence-corrected chi connectivity index (χ3v) is 2.74. The lowest BCUT2D eigenvalue weighted by molar-refractivity contribution is -0.137. The number of carboxylic acid groups (broad SMARTS) is 1. The first-order valence-corrected chi connectivity index (χ1v) is 5.50. The first kappa shape index (κ1) is 11.1. The molecule has 0 unspecified atom stereocenters. The fourth-order valence-corrected chi connectivity index (χ4v) is 1.83. The highest BCUT2D eigenvalue weighted by Crippen LogP contribution is 2.22. The summed E-state index contributed by atoms with van der Waals surface area (Å²) in [4.78, 5) is 14.6. The molecule has 2 heterocycles. The van der Waals surface area contributed by atoms with Crippen LogP contribution in [0.3, 0.4) is 0 Å². The molecule has 1 aliphatic rings. The van der Waals surface area contributed by atoms with Gasteiger partial charge < -0.3 is 14.9 Å². The maximum absolute atomic E-state index is 10.4. The van der Waals surface area contributed by atoms with Crippen molar-refractivity contribution in [3.05, 3.63) is 11.7 Å². The van der Waals surface area contributed by atoms with Crippen molar-refractivity contribution in [3.8, 4) is 0 Å². The summed E-state index contributed by atoms with van der Waals surface area (Å²) in [5.74, 6) is 0.656. The molecule has 1 aliphatic heterocycles. The topological polar surface area (TPSA) is 88.2 Å². The van der Waals surface area contributed by atoms with Crippen LogP contribution in [-0.4, -0.2) is 34.3 Å². The number of piperidine rings is 1. The van der Waals surface area contributed by atoms with Gasteiger partial charge in [-0.2, -0.15) is 4.98 Å². The predicted octanol–water partition coefficient (Wildman–Crippen LogP) is 0.554. The maximum Gasteiger partial charge on any atom is 0.303 e. The largest absolute Gasteiger partial charge is 0.481 e. The molecular formula is C10H15N3O3. The van der Waals surface area contributed by atoms with Crippen molar-refractivity contribution >= 4 is 5.97 Å². The number of hydrogen-bond acceptors (Lipinski definition) is 5. The Kier molecular flexibility index (Phi) is 3.51. The van der Waals surface area contributed by atoms with E-state index in [0.29, 0.717) is 18.2 Å². The van der Waals surface area contributed by atoms with Gasteiger partial charge >= 0.3 is 5.97 Å². The monoisotopic (exact) mass is 225 g/mol. The Morgan fingerprint density at radius 2 is 2.25 bits per heavy atom. The molecule has 0 bridgehead atoms. The van der Waals surface area contributed by atoms with Crippen LogP contribution >= 0.6 is 0 Å². The van der Waals surface area contributed by atoms with Gasteiger partial charge in [0, 0.05) is 12.3 Å². The van der Waals surface area contributed by atoms with E-state index in [9.17, 15) is 4.79 Å². The highest BCUT2D eigenvalue weighted by molar-refractivity contribution is 5.66. The van der Waals surface area contributed by atoms with E-state index in [1.165, 1.54) is 0 Å². The summed E-state index contributed by atoms with van der Waals surface area (Å²) in [6.07, 6.45) is 2.37. The number of carboxylic acids is 1. The molecule has 0 amide bonds. The van der Waals surface area contributed by atoms with Gasteiger partial charge in [0.25, 0.3) is 0 Å². The second-order valence-corrected chi connectivity index (χ2v) is 3.96. The molecule has 2 rings (SSSR count). The molecule has 6 nitrogen and oxygen atoms in total. The normalized spacial score (nSPS) is 17.5. The Morgan fingerprint density at radius 3 is 2.94 bits per heavy atom. The number of aliphatic carboxylic acids is 1. The lowest BCUT2D eigenvalue weighted by Gasteiger charge is -2.18. The van der Waals surface area contributed by atoms with Gasteiger partial charge in [-0.15, -0.1) is 0 Å². The molecule has 0 aliphatic carbocycles. The Hall–Kier alpha value is -1.43. The highest BCUT2D eigenvalue weighted by atomic mass is 16.5. The first-order valence-electron chi connectivity index (χ1n) is 5.50. The standard InChI is InChI=1S/C10H15N3O3/c14-9(15)2-1-8-12-10(13-16-8)7-3-5-11-6-4-7/h7,11H,1-6H2,(H,14,15). The van der Waals surface area contributed by atoms with Gasteiger partial charge in [-0.25, -0.2) is 0 Å². The number of carbonyl (C=O) groups is 1. The quantitative estimate of drug-likeness (QED) is 0.778. The molecule has 0 radical (unpaired) electrons. The minimum Gasteiger partial charge on any atom is -0.481 e. The number of aryl methyl sites for hydroxylation is 1. The molecule has 2 N–H and O–H groups in total. The zero-order chi connectivity index (χ0) is 11.4. The minimum absolute atomic E-state index is 0.0356. The van der Waals surface area contributed by atoms with E-state index in [1.807, 2.05) is 0 Å². The lowest BCUT2D eigenvalue weighted by Crippen LogP contribution is -2.27. The molecule has 1 fully saturated rings. The zero-order valence-corrected chi connectivity index (χ0v) is 8.98. The molecular weight excluding hydrogens is 210 g/mol. The number of aromatic nitrogens is 2.